The first-order valence-corrected chi connectivity index (χ1v) is 13.4. The zero-order valence-electron chi connectivity index (χ0n) is 21.7. The quantitative estimate of drug-likeness (QED) is 0.533. The predicted molar refractivity (Wildman–Crippen MR) is 140 cm³/mol. The molecule has 2 unspecified atom stereocenters. The van der Waals surface area contributed by atoms with Gasteiger partial charge in [-0.1, -0.05) is 23.8 Å². The molecule has 2 bridgehead atoms. The number of rotatable bonds is 7. The summed E-state index contributed by atoms with van der Waals surface area (Å²) >= 11 is 0. The maximum absolute atomic E-state index is 13.4. The molecule has 3 saturated heterocycles. The van der Waals surface area contributed by atoms with E-state index in [9.17, 15) is 14.7 Å². The van der Waals surface area contributed by atoms with E-state index in [1.165, 1.54) is 16.7 Å². The van der Waals surface area contributed by atoms with E-state index in [-0.39, 0.29) is 36.5 Å². The SMILES string of the molecule is CCOc1cc(C(=O)N2CC3CCCC2CO3)ccc1C(=O)NC[C@@H](O)[C@@H]1Cc2ccc(C)cc2CN1. The maximum atomic E-state index is 13.4. The highest BCUT2D eigenvalue weighted by Gasteiger charge is 2.35. The number of aliphatic hydroxyl groups excluding tert-OH is 1. The van der Waals surface area contributed by atoms with Gasteiger partial charge in [0.05, 0.1) is 37.0 Å². The number of hydrogen-bond acceptors (Lipinski definition) is 6. The fourth-order valence-corrected chi connectivity index (χ4v) is 5.66. The summed E-state index contributed by atoms with van der Waals surface area (Å²) in [5, 5.41) is 17.0. The van der Waals surface area contributed by atoms with Crippen LogP contribution < -0.4 is 15.4 Å². The van der Waals surface area contributed by atoms with Crippen molar-refractivity contribution in [3.63, 3.8) is 0 Å². The summed E-state index contributed by atoms with van der Waals surface area (Å²) in [6.07, 6.45) is 3.06. The van der Waals surface area contributed by atoms with Gasteiger partial charge in [-0.25, -0.2) is 0 Å². The molecule has 0 aromatic heterocycles. The van der Waals surface area contributed by atoms with E-state index in [4.69, 9.17) is 9.47 Å². The molecule has 0 spiro atoms. The Morgan fingerprint density at radius 3 is 2.92 bits per heavy atom. The third-order valence-electron chi connectivity index (χ3n) is 7.76. The van der Waals surface area contributed by atoms with Crippen LogP contribution in [0.2, 0.25) is 0 Å². The van der Waals surface area contributed by atoms with E-state index < -0.39 is 6.10 Å². The Balaban J connectivity index is 1.23. The van der Waals surface area contributed by atoms with Crippen molar-refractivity contribution in [1.82, 2.24) is 15.5 Å². The van der Waals surface area contributed by atoms with E-state index in [1.807, 2.05) is 11.8 Å². The first-order chi connectivity index (χ1) is 17.9. The van der Waals surface area contributed by atoms with Crippen molar-refractivity contribution >= 4 is 11.8 Å². The van der Waals surface area contributed by atoms with Crippen molar-refractivity contribution in [2.45, 2.75) is 70.4 Å². The fourth-order valence-electron chi connectivity index (χ4n) is 5.66. The number of hydrogen-bond donors (Lipinski definition) is 3. The van der Waals surface area contributed by atoms with Crippen molar-refractivity contribution in [3.8, 4) is 5.75 Å². The van der Waals surface area contributed by atoms with E-state index in [0.29, 0.717) is 49.6 Å². The summed E-state index contributed by atoms with van der Waals surface area (Å²) in [6, 6.07) is 11.3. The Morgan fingerprint density at radius 1 is 1.22 bits per heavy atom. The topological polar surface area (TPSA) is 100 Å². The molecule has 4 aliphatic heterocycles. The molecule has 2 amide bonds. The van der Waals surface area contributed by atoms with Crippen LogP contribution in [0.25, 0.3) is 0 Å². The van der Waals surface area contributed by atoms with Gasteiger partial charge in [0, 0.05) is 31.2 Å². The lowest BCUT2D eigenvalue weighted by Crippen LogP contribution is -2.50. The number of aryl methyl sites for hydroxylation is 1. The number of carbonyl (C=O) groups is 2. The molecule has 4 aliphatic rings. The van der Waals surface area contributed by atoms with Gasteiger partial charge >= 0.3 is 0 Å². The van der Waals surface area contributed by atoms with Gasteiger partial charge in [-0.15, -0.1) is 0 Å². The monoisotopic (exact) mass is 507 g/mol. The molecule has 6 rings (SSSR count). The Kier molecular flexibility index (Phi) is 7.79. The molecule has 0 radical (unpaired) electrons. The standard InChI is InChI=1S/C29H37N3O5/c1-3-36-27-13-20(29(35)32-16-23-6-4-5-22(32)17-37-23)9-10-24(27)28(34)31-15-26(33)25-12-19-8-7-18(2)11-21(19)14-30-25/h7-11,13,22-23,25-26,30,33H,3-6,12,14-17H2,1-2H3,(H,31,34)/t22?,23?,25-,26+/m0/s1. The van der Waals surface area contributed by atoms with E-state index in [1.54, 1.807) is 18.2 Å². The van der Waals surface area contributed by atoms with Gasteiger partial charge in [0.15, 0.2) is 0 Å². The molecule has 0 saturated carbocycles. The number of carbonyl (C=O) groups excluding carboxylic acids is 2. The zero-order valence-corrected chi connectivity index (χ0v) is 21.7. The first kappa shape index (κ1) is 25.7. The largest absolute Gasteiger partial charge is 0.493 e. The van der Waals surface area contributed by atoms with Crippen LogP contribution in [0.1, 0.15) is 63.6 Å². The molecule has 8 heteroatoms. The Morgan fingerprint density at radius 2 is 2.08 bits per heavy atom. The van der Waals surface area contributed by atoms with Crippen LogP contribution >= 0.6 is 0 Å². The second-order valence-electron chi connectivity index (χ2n) is 10.4. The highest BCUT2D eigenvalue weighted by molar-refractivity contribution is 6.00. The number of ether oxygens (including phenoxy) is 2. The van der Waals surface area contributed by atoms with Crippen LogP contribution in [-0.2, 0) is 17.7 Å². The smallest absolute Gasteiger partial charge is 0.255 e. The van der Waals surface area contributed by atoms with Crippen LogP contribution in [0.15, 0.2) is 36.4 Å². The number of nitrogens with zero attached hydrogens (tertiary/aromatic N) is 1. The molecule has 3 N–H and O–H groups in total. The Labute approximate surface area is 218 Å². The second-order valence-corrected chi connectivity index (χ2v) is 10.4. The average Bonchev–Trinajstić information content (AvgIpc) is 3.27. The molecule has 2 aromatic carbocycles. The van der Waals surface area contributed by atoms with Crippen LogP contribution in [0, 0.1) is 6.92 Å². The van der Waals surface area contributed by atoms with Crippen LogP contribution in [-0.4, -0.2) is 72.4 Å². The van der Waals surface area contributed by atoms with Gasteiger partial charge in [0.25, 0.3) is 11.8 Å². The van der Waals surface area contributed by atoms with Gasteiger partial charge in [-0.2, -0.15) is 0 Å². The zero-order chi connectivity index (χ0) is 25.9. The summed E-state index contributed by atoms with van der Waals surface area (Å²) in [5.41, 5.74) is 4.56. The minimum absolute atomic E-state index is 0.0534. The van der Waals surface area contributed by atoms with Crippen LogP contribution in [0.5, 0.6) is 5.75 Å². The third kappa shape index (κ3) is 5.66. The number of aliphatic hydroxyl groups is 1. The highest BCUT2D eigenvalue weighted by Crippen LogP contribution is 2.28. The third-order valence-corrected chi connectivity index (χ3v) is 7.76. The number of amides is 2. The molecule has 8 nitrogen and oxygen atoms in total. The lowest BCUT2D eigenvalue weighted by atomic mass is 9.92. The molecule has 37 heavy (non-hydrogen) atoms. The second kappa shape index (κ2) is 11.2. The predicted octanol–water partition coefficient (Wildman–Crippen LogP) is 2.59. The molecular weight excluding hydrogens is 470 g/mol. The first-order valence-electron chi connectivity index (χ1n) is 13.4. The van der Waals surface area contributed by atoms with Crippen molar-refractivity contribution < 1.29 is 24.2 Å². The summed E-state index contributed by atoms with van der Waals surface area (Å²) in [6.45, 7) is 6.28. The molecule has 198 valence electrons. The summed E-state index contributed by atoms with van der Waals surface area (Å²) < 4.78 is 11.6. The number of fused-ring (bicyclic) bond motifs is 5. The lowest BCUT2D eigenvalue weighted by molar-refractivity contribution is -0.0393. The van der Waals surface area contributed by atoms with Crippen molar-refractivity contribution in [1.29, 1.82) is 0 Å². The van der Waals surface area contributed by atoms with Gasteiger partial charge in [-0.05, 0) is 68.9 Å². The lowest BCUT2D eigenvalue weighted by Gasteiger charge is -2.36. The van der Waals surface area contributed by atoms with Crippen molar-refractivity contribution in [2.75, 3.05) is 26.3 Å². The van der Waals surface area contributed by atoms with Gasteiger partial charge in [0.1, 0.15) is 5.75 Å². The summed E-state index contributed by atoms with van der Waals surface area (Å²) in [7, 11) is 0. The van der Waals surface area contributed by atoms with Gasteiger partial charge in [0.2, 0.25) is 0 Å². The molecule has 2 aromatic rings. The fraction of sp³-hybridized carbons (Fsp3) is 0.517. The Hall–Kier alpha value is -2.94. The van der Waals surface area contributed by atoms with Crippen LogP contribution in [0.3, 0.4) is 0 Å². The van der Waals surface area contributed by atoms with Crippen molar-refractivity contribution in [2.24, 2.45) is 0 Å². The van der Waals surface area contributed by atoms with Gasteiger partial charge < -0.3 is 30.1 Å². The van der Waals surface area contributed by atoms with E-state index >= 15 is 0 Å². The summed E-state index contributed by atoms with van der Waals surface area (Å²) in [5.74, 6) is -0.0189. The molecular formula is C29H37N3O5. The number of nitrogens with one attached hydrogen (secondary N) is 2. The summed E-state index contributed by atoms with van der Waals surface area (Å²) in [4.78, 5) is 28.3. The minimum Gasteiger partial charge on any atom is -0.493 e. The molecule has 0 aliphatic carbocycles. The minimum atomic E-state index is -0.740. The average molecular weight is 508 g/mol. The number of morpholine rings is 1. The molecule has 4 heterocycles. The molecule has 4 atom stereocenters. The number of benzene rings is 2. The van der Waals surface area contributed by atoms with E-state index in [2.05, 4.69) is 35.8 Å². The Bertz CT molecular complexity index is 1150. The van der Waals surface area contributed by atoms with Crippen LogP contribution in [0.4, 0.5) is 0 Å². The highest BCUT2D eigenvalue weighted by atomic mass is 16.5. The normalized spacial score (nSPS) is 23.6. The molecule has 3 fully saturated rings. The maximum Gasteiger partial charge on any atom is 0.255 e. The van der Waals surface area contributed by atoms with Gasteiger partial charge in [-0.3, -0.25) is 9.59 Å². The van der Waals surface area contributed by atoms with Crippen molar-refractivity contribution in [3.05, 3.63) is 64.2 Å². The van der Waals surface area contributed by atoms with E-state index in [0.717, 1.165) is 19.3 Å².